The second-order valence-electron chi connectivity index (χ2n) is 7.41. The summed E-state index contributed by atoms with van der Waals surface area (Å²) < 4.78 is 28.3. The molecule has 2 N–H and O–H groups in total. The standard InChI is InChI=1S/C24H27N3O3S/c1-18-13-14-21(31(29,30)26-23-12-8-7-9-19(23)2)17-22(18)24(28)25-15-16-27(3)20-10-5-4-6-11-20/h4-14,17,26H,15-16H2,1-3H3,(H,25,28). The Morgan fingerprint density at radius 2 is 1.58 bits per heavy atom. The summed E-state index contributed by atoms with van der Waals surface area (Å²) in [6.07, 6.45) is 0. The molecule has 0 unspecified atom stereocenters. The number of hydrogen-bond acceptors (Lipinski definition) is 4. The van der Waals surface area contributed by atoms with Gasteiger partial charge in [0.15, 0.2) is 0 Å². The van der Waals surface area contributed by atoms with Gasteiger partial charge in [0.2, 0.25) is 0 Å². The Morgan fingerprint density at radius 3 is 2.29 bits per heavy atom. The van der Waals surface area contributed by atoms with E-state index in [2.05, 4.69) is 10.0 Å². The molecule has 0 fully saturated rings. The summed E-state index contributed by atoms with van der Waals surface area (Å²) in [6.45, 7) is 4.68. The summed E-state index contributed by atoms with van der Waals surface area (Å²) >= 11 is 0. The molecular weight excluding hydrogens is 410 g/mol. The number of nitrogens with zero attached hydrogens (tertiary/aromatic N) is 1. The first kappa shape index (κ1) is 22.4. The molecule has 1 amide bonds. The molecule has 0 atom stereocenters. The minimum atomic E-state index is -3.82. The van der Waals surface area contributed by atoms with E-state index in [1.165, 1.54) is 12.1 Å². The van der Waals surface area contributed by atoms with E-state index in [1.54, 1.807) is 25.1 Å². The first-order chi connectivity index (χ1) is 14.8. The monoisotopic (exact) mass is 437 g/mol. The number of likely N-dealkylation sites (N-methyl/N-ethyl adjacent to an activating group) is 1. The van der Waals surface area contributed by atoms with Crippen LogP contribution in [-0.2, 0) is 10.0 Å². The van der Waals surface area contributed by atoms with Crippen LogP contribution in [0.3, 0.4) is 0 Å². The molecule has 0 saturated carbocycles. The van der Waals surface area contributed by atoms with Gasteiger partial charge in [-0.2, -0.15) is 0 Å². The van der Waals surface area contributed by atoms with Crippen molar-refractivity contribution < 1.29 is 13.2 Å². The van der Waals surface area contributed by atoms with E-state index >= 15 is 0 Å². The number of hydrogen-bond donors (Lipinski definition) is 2. The maximum Gasteiger partial charge on any atom is 0.261 e. The first-order valence-corrected chi connectivity index (χ1v) is 11.5. The lowest BCUT2D eigenvalue weighted by atomic mass is 10.1. The van der Waals surface area contributed by atoms with E-state index in [0.29, 0.717) is 29.9 Å². The molecule has 0 spiro atoms. The molecular formula is C24H27N3O3S. The van der Waals surface area contributed by atoms with Crippen LogP contribution in [0.4, 0.5) is 11.4 Å². The fourth-order valence-corrected chi connectivity index (χ4v) is 4.30. The predicted molar refractivity (Wildman–Crippen MR) is 125 cm³/mol. The van der Waals surface area contributed by atoms with Crippen molar-refractivity contribution in [2.45, 2.75) is 18.7 Å². The fourth-order valence-electron chi connectivity index (χ4n) is 3.15. The highest BCUT2D eigenvalue weighted by molar-refractivity contribution is 7.92. The largest absolute Gasteiger partial charge is 0.373 e. The third kappa shape index (κ3) is 5.64. The molecule has 0 aliphatic rings. The lowest BCUT2D eigenvalue weighted by molar-refractivity contribution is 0.0954. The zero-order valence-electron chi connectivity index (χ0n) is 17.9. The van der Waals surface area contributed by atoms with E-state index in [4.69, 9.17) is 0 Å². The van der Waals surface area contributed by atoms with Crippen molar-refractivity contribution >= 4 is 27.3 Å². The van der Waals surface area contributed by atoms with Gasteiger partial charge in [0.25, 0.3) is 15.9 Å². The number of para-hydroxylation sites is 2. The lowest BCUT2D eigenvalue weighted by Gasteiger charge is -2.19. The minimum absolute atomic E-state index is 0.0490. The molecule has 3 aromatic carbocycles. The quantitative estimate of drug-likeness (QED) is 0.559. The van der Waals surface area contributed by atoms with Gasteiger partial charge >= 0.3 is 0 Å². The number of aryl methyl sites for hydroxylation is 2. The Morgan fingerprint density at radius 1 is 0.903 bits per heavy atom. The summed E-state index contributed by atoms with van der Waals surface area (Å²) in [7, 11) is -1.86. The van der Waals surface area contributed by atoms with E-state index in [9.17, 15) is 13.2 Å². The van der Waals surface area contributed by atoms with Crippen molar-refractivity contribution in [1.82, 2.24) is 5.32 Å². The van der Waals surface area contributed by atoms with Crippen LogP contribution in [0.2, 0.25) is 0 Å². The van der Waals surface area contributed by atoms with Crippen LogP contribution in [0.1, 0.15) is 21.5 Å². The highest BCUT2D eigenvalue weighted by Crippen LogP contribution is 2.21. The summed E-state index contributed by atoms with van der Waals surface area (Å²) in [5, 5.41) is 2.88. The molecule has 0 aromatic heterocycles. The van der Waals surface area contributed by atoms with Crippen molar-refractivity contribution in [2.24, 2.45) is 0 Å². The van der Waals surface area contributed by atoms with Crippen LogP contribution in [-0.4, -0.2) is 34.5 Å². The highest BCUT2D eigenvalue weighted by atomic mass is 32.2. The van der Waals surface area contributed by atoms with Gasteiger partial charge in [0.05, 0.1) is 10.6 Å². The average molecular weight is 438 g/mol. The van der Waals surface area contributed by atoms with E-state index in [0.717, 1.165) is 11.3 Å². The van der Waals surface area contributed by atoms with Gasteiger partial charge < -0.3 is 10.2 Å². The molecule has 7 heteroatoms. The number of benzene rings is 3. The Bertz CT molecular complexity index is 1160. The maximum absolute atomic E-state index is 12.9. The molecule has 0 bridgehead atoms. The molecule has 6 nitrogen and oxygen atoms in total. The number of rotatable bonds is 8. The van der Waals surface area contributed by atoms with Gasteiger partial charge in [-0.1, -0.05) is 42.5 Å². The molecule has 0 aliphatic carbocycles. The van der Waals surface area contributed by atoms with Gasteiger partial charge in [-0.25, -0.2) is 8.42 Å². The van der Waals surface area contributed by atoms with E-state index in [-0.39, 0.29) is 10.8 Å². The summed E-state index contributed by atoms with van der Waals surface area (Å²) in [5.74, 6) is -0.299. The second kappa shape index (κ2) is 9.66. The predicted octanol–water partition coefficient (Wildman–Crippen LogP) is 3.97. The number of carbonyl (C=O) groups excluding carboxylic acids is 1. The van der Waals surface area contributed by atoms with Crippen molar-refractivity contribution in [1.29, 1.82) is 0 Å². The summed E-state index contributed by atoms with van der Waals surface area (Å²) in [5.41, 5.74) is 3.44. The Hall–Kier alpha value is -3.32. The Labute approximate surface area is 184 Å². The third-order valence-corrected chi connectivity index (χ3v) is 6.45. The highest BCUT2D eigenvalue weighted by Gasteiger charge is 2.19. The van der Waals surface area contributed by atoms with Crippen LogP contribution in [0, 0.1) is 13.8 Å². The third-order valence-electron chi connectivity index (χ3n) is 5.08. The van der Waals surface area contributed by atoms with Gasteiger partial charge in [-0.05, 0) is 55.3 Å². The molecule has 0 aliphatic heterocycles. The van der Waals surface area contributed by atoms with Crippen molar-refractivity contribution in [3.05, 3.63) is 89.5 Å². The van der Waals surface area contributed by atoms with Gasteiger partial charge in [0.1, 0.15) is 0 Å². The SMILES string of the molecule is Cc1ccccc1NS(=O)(=O)c1ccc(C)c(C(=O)NCCN(C)c2ccccc2)c1. The molecule has 0 radical (unpaired) electrons. The lowest BCUT2D eigenvalue weighted by Crippen LogP contribution is -2.33. The minimum Gasteiger partial charge on any atom is -0.373 e. The molecule has 3 rings (SSSR count). The van der Waals surface area contributed by atoms with Gasteiger partial charge in [0, 0.05) is 31.4 Å². The molecule has 0 saturated heterocycles. The summed E-state index contributed by atoms with van der Waals surface area (Å²) in [6, 6.07) is 21.6. The molecule has 31 heavy (non-hydrogen) atoms. The van der Waals surface area contributed by atoms with Crippen molar-refractivity contribution in [2.75, 3.05) is 29.8 Å². The number of sulfonamides is 1. The molecule has 162 valence electrons. The zero-order chi connectivity index (χ0) is 22.4. The maximum atomic E-state index is 12.9. The van der Waals surface area contributed by atoms with Crippen molar-refractivity contribution in [3.8, 4) is 0 Å². The van der Waals surface area contributed by atoms with Gasteiger partial charge in [-0.15, -0.1) is 0 Å². The van der Waals surface area contributed by atoms with Crippen LogP contribution >= 0.6 is 0 Å². The van der Waals surface area contributed by atoms with Crippen LogP contribution in [0.25, 0.3) is 0 Å². The molecule has 0 heterocycles. The van der Waals surface area contributed by atoms with E-state index in [1.807, 2.05) is 61.3 Å². The van der Waals surface area contributed by atoms with Crippen LogP contribution in [0.5, 0.6) is 0 Å². The topological polar surface area (TPSA) is 78.5 Å². The van der Waals surface area contributed by atoms with E-state index < -0.39 is 10.0 Å². The number of nitrogens with one attached hydrogen (secondary N) is 2. The molecule has 3 aromatic rings. The van der Waals surface area contributed by atoms with Crippen LogP contribution in [0.15, 0.2) is 77.7 Å². The van der Waals surface area contributed by atoms with Crippen LogP contribution < -0.4 is 14.9 Å². The normalized spacial score (nSPS) is 11.1. The Balaban J connectivity index is 1.70. The number of anilines is 2. The summed E-state index contributed by atoms with van der Waals surface area (Å²) in [4.78, 5) is 14.8. The first-order valence-electron chi connectivity index (χ1n) is 10.0. The zero-order valence-corrected chi connectivity index (χ0v) is 18.7. The van der Waals surface area contributed by atoms with Gasteiger partial charge in [-0.3, -0.25) is 9.52 Å². The fraction of sp³-hybridized carbons (Fsp3) is 0.208. The number of carbonyl (C=O) groups is 1. The Kier molecular flexibility index (Phi) is 6.97. The average Bonchev–Trinajstić information content (AvgIpc) is 2.76. The smallest absolute Gasteiger partial charge is 0.261 e. The number of amides is 1. The van der Waals surface area contributed by atoms with Crippen molar-refractivity contribution in [3.63, 3.8) is 0 Å². The second-order valence-corrected chi connectivity index (χ2v) is 9.09.